The van der Waals surface area contributed by atoms with Gasteiger partial charge in [-0.3, -0.25) is 0 Å². The van der Waals surface area contributed by atoms with E-state index in [1.165, 1.54) is 6.42 Å². The molecule has 1 aromatic carbocycles. The van der Waals surface area contributed by atoms with Crippen molar-refractivity contribution in [2.45, 2.75) is 26.8 Å². The number of rotatable bonds is 6. The summed E-state index contributed by atoms with van der Waals surface area (Å²) in [6.45, 7) is 6.46. The molecule has 0 aliphatic carbocycles. The van der Waals surface area contributed by atoms with Gasteiger partial charge in [0.2, 0.25) is 0 Å². The SMILES string of the molecule is COc1ccc(N)cc1CN(C)CCC(C)C. The zero-order chi connectivity index (χ0) is 12.8. The number of hydrogen-bond donors (Lipinski definition) is 1. The maximum absolute atomic E-state index is 5.81. The van der Waals surface area contributed by atoms with Crippen molar-refractivity contribution in [2.24, 2.45) is 5.92 Å². The fourth-order valence-electron chi connectivity index (χ4n) is 1.77. The molecule has 0 fully saturated rings. The molecule has 0 bridgehead atoms. The molecule has 3 nitrogen and oxygen atoms in total. The highest BCUT2D eigenvalue weighted by atomic mass is 16.5. The number of nitrogens with two attached hydrogens (primary N) is 1. The van der Waals surface area contributed by atoms with Gasteiger partial charge in [-0.05, 0) is 44.1 Å². The van der Waals surface area contributed by atoms with Crippen LogP contribution in [0.1, 0.15) is 25.8 Å². The number of hydrogen-bond acceptors (Lipinski definition) is 3. The molecule has 0 aliphatic rings. The van der Waals surface area contributed by atoms with Crippen molar-refractivity contribution >= 4 is 5.69 Å². The summed E-state index contributed by atoms with van der Waals surface area (Å²) in [4.78, 5) is 2.30. The molecule has 0 saturated heterocycles. The maximum Gasteiger partial charge on any atom is 0.123 e. The van der Waals surface area contributed by atoms with Crippen LogP contribution in [0.4, 0.5) is 5.69 Å². The molecule has 0 saturated carbocycles. The van der Waals surface area contributed by atoms with Crippen molar-refractivity contribution < 1.29 is 4.74 Å². The fourth-order valence-corrected chi connectivity index (χ4v) is 1.77. The lowest BCUT2D eigenvalue weighted by Gasteiger charge is -2.19. The van der Waals surface area contributed by atoms with Gasteiger partial charge in [0, 0.05) is 17.8 Å². The molecular weight excluding hydrogens is 212 g/mol. The molecule has 17 heavy (non-hydrogen) atoms. The predicted molar refractivity (Wildman–Crippen MR) is 73.2 cm³/mol. The van der Waals surface area contributed by atoms with Crippen molar-refractivity contribution in [1.29, 1.82) is 0 Å². The van der Waals surface area contributed by atoms with Crippen LogP contribution in [0.3, 0.4) is 0 Å². The summed E-state index contributed by atoms with van der Waals surface area (Å²) in [5.74, 6) is 1.65. The number of methoxy groups -OCH3 is 1. The third kappa shape index (κ3) is 4.65. The monoisotopic (exact) mass is 236 g/mol. The van der Waals surface area contributed by atoms with E-state index in [4.69, 9.17) is 10.5 Å². The van der Waals surface area contributed by atoms with Crippen LogP contribution < -0.4 is 10.5 Å². The van der Waals surface area contributed by atoms with E-state index in [9.17, 15) is 0 Å². The molecule has 1 aromatic rings. The van der Waals surface area contributed by atoms with E-state index >= 15 is 0 Å². The minimum Gasteiger partial charge on any atom is -0.496 e. The molecule has 0 radical (unpaired) electrons. The van der Waals surface area contributed by atoms with E-state index in [2.05, 4.69) is 25.8 Å². The van der Waals surface area contributed by atoms with E-state index in [-0.39, 0.29) is 0 Å². The smallest absolute Gasteiger partial charge is 0.123 e. The lowest BCUT2D eigenvalue weighted by Crippen LogP contribution is -2.20. The Hall–Kier alpha value is -1.22. The topological polar surface area (TPSA) is 38.5 Å². The van der Waals surface area contributed by atoms with Crippen LogP contribution in [0.25, 0.3) is 0 Å². The van der Waals surface area contributed by atoms with Gasteiger partial charge in [-0.15, -0.1) is 0 Å². The van der Waals surface area contributed by atoms with E-state index < -0.39 is 0 Å². The third-order valence-electron chi connectivity index (χ3n) is 2.83. The van der Waals surface area contributed by atoms with Crippen LogP contribution >= 0.6 is 0 Å². The van der Waals surface area contributed by atoms with Crippen molar-refractivity contribution in [2.75, 3.05) is 26.4 Å². The first-order valence-electron chi connectivity index (χ1n) is 6.14. The molecule has 0 atom stereocenters. The highest BCUT2D eigenvalue weighted by Gasteiger charge is 2.07. The number of nitrogen functional groups attached to an aromatic ring is 1. The number of nitrogens with zero attached hydrogens (tertiary/aromatic N) is 1. The van der Waals surface area contributed by atoms with E-state index in [0.717, 1.165) is 36.0 Å². The Labute approximate surface area is 105 Å². The molecule has 2 N–H and O–H groups in total. The highest BCUT2D eigenvalue weighted by molar-refractivity contribution is 5.47. The predicted octanol–water partition coefficient (Wildman–Crippen LogP) is 2.76. The van der Waals surface area contributed by atoms with Crippen LogP contribution in [-0.2, 0) is 6.54 Å². The van der Waals surface area contributed by atoms with Gasteiger partial charge in [0.1, 0.15) is 5.75 Å². The van der Waals surface area contributed by atoms with Crippen molar-refractivity contribution in [1.82, 2.24) is 4.90 Å². The Kier molecular flexibility index (Phi) is 5.29. The maximum atomic E-state index is 5.81. The Bertz CT molecular complexity index is 350. The molecule has 0 amide bonds. The van der Waals surface area contributed by atoms with Crippen LogP contribution in [0.5, 0.6) is 5.75 Å². The van der Waals surface area contributed by atoms with Gasteiger partial charge in [-0.25, -0.2) is 0 Å². The Morgan fingerprint density at radius 2 is 2.06 bits per heavy atom. The standard InChI is InChI=1S/C14H24N2O/c1-11(2)7-8-16(3)10-12-9-13(15)5-6-14(12)17-4/h5-6,9,11H,7-8,10,15H2,1-4H3. The minimum atomic E-state index is 0.736. The summed E-state index contributed by atoms with van der Waals surface area (Å²) >= 11 is 0. The molecule has 1 rings (SSSR count). The van der Waals surface area contributed by atoms with Gasteiger partial charge in [0.15, 0.2) is 0 Å². The summed E-state index contributed by atoms with van der Waals surface area (Å²) in [5, 5.41) is 0. The Balaban J connectivity index is 2.63. The van der Waals surface area contributed by atoms with Gasteiger partial charge in [0.05, 0.1) is 7.11 Å². The van der Waals surface area contributed by atoms with Gasteiger partial charge in [-0.2, -0.15) is 0 Å². The van der Waals surface area contributed by atoms with Gasteiger partial charge in [-0.1, -0.05) is 13.8 Å². The summed E-state index contributed by atoms with van der Waals surface area (Å²) in [6.07, 6.45) is 1.21. The van der Waals surface area contributed by atoms with E-state index in [0.29, 0.717) is 0 Å². The van der Waals surface area contributed by atoms with Gasteiger partial charge < -0.3 is 15.4 Å². The number of anilines is 1. The summed E-state index contributed by atoms with van der Waals surface area (Å²) in [6, 6.07) is 5.79. The second-order valence-electron chi connectivity index (χ2n) is 4.99. The van der Waals surface area contributed by atoms with Gasteiger partial charge in [0.25, 0.3) is 0 Å². The van der Waals surface area contributed by atoms with E-state index in [1.54, 1.807) is 7.11 Å². The van der Waals surface area contributed by atoms with Crippen molar-refractivity contribution in [3.05, 3.63) is 23.8 Å². The van der Waals surface area contributed by atoms with Crippen LogP contribution in [0.2, 0.25) is 0 Å². The average Bonchev–Trinajstić information content (AvgIpc) is 2.27. The first-order chi connectivity index (χ1) is 8.02. The molecule has 96 valence electrons. The van der Waals surface area contributed by atoms with E-state index in [1.807, 2.05) is 18.2 Å². The molecule has 3 heteroatoms. The number of benzene rings is 1. The van der Waals surface area contributed by atoms with Crippen LogP contribution in [0.15, 0.2) is 18.2 Å². The normalized spacial score (nSPS) is 11.2. The highest BCUT2D eigenvalue weighted by Crippen LogP contribution is 2.22. The molecule has 0 aliphatic heterocycles. The summed E-state index contributed by atoms with van der Waals surface area (Å²) in [5.41, 5.74) is 7.75. The Morgan fingerprint density at radius 3 is 2.65 bits per heavy atom. The first kappa shape index (κ1) is 13.8. The van der Waals surface area contributed by atoms with Crippen molar-refractivity contribution in [3.8, 4) is 5.75 Å². The van der Waals surface area contributed by atoms with Crippen LogP contribution in [0, 0.1) is 5.92 Å². The second kappa shape index (κ2) is 6.50. The summed E-state index contributed by atoms with van der Waals surface area (Å²) < 4.78 is 5.34. The fraction of sp³-hybridized carbons (Fsp3) is 0.571. The molecular formula is C14H24N2O. The quantitative estimate of drug-likeness (QED) is 0.772. The first-order valence-corrected chi connectivity index (χ1v) is 6.14. The largest absolute Gasteiger partial charge is 0.496 e. The molecule has 0 unspecified atom stereocenters. The lowest BCUT2D eigenvalue weighted by molar-refractivity contribution is 0.297. The Morgan fingerprint density at radius 1 is 1.35 bits per heavy atom. The lowest BCUT2D eigenvalue weighted by atomic mass is 10.1. The number of ether oxygens (including phenoxy) is 1. The zero-order valence-corrected chi connectivity index (χ0v) is 11.4. The second-order valence-corrected chi connectivity index (χ2v) is 4.99. The van der Waals surface area contributed by atoms with Gasteiger partial charge >= 0.3 is 0 Å². The molecule has 0 aromatic heterocycles. The summed E-state index contributed by atoms with van der Waals surface area (Å²) in [7, 11) is 3.83. The zero-order valence-electron chi connectivity index (χ0n) is 11.4. The van der Waals surface area contributed by atoms with Crippen LogP contribution in [-0.4, -0.2) is 25.6 Å². The molecule has 0 spiro atoms. The molecule has 0 heterocycles. The minimum absolute atomic E-state index is 0.736. The average molecular weight is 236 g/mol. The van der Waals surface area contributed by atoms with Crippen molar-refractivity contribution in [3.63, 3.8) is 0 Å². The third-order valence-corrected chi connectivity index (χ3v) is 2.83.